The normalized spacial score (nSPS) is 30.1. The van der Waals surface area contributed by atoms with Crippen LogP contribution < -0.4 is 5.73 Å². The first-order valence-electron chi connectivity index (χ1n) is 3.71. The highest BCUT2D eigenvalue weighted by Crippen LogP contribution is 2.23. The van der Waals surface area contributed by atoms with E-state index in [2.05, 4.69) is 0 Å². The van der Waals surface area contributed by atoms with Crippen LogP contribution >= 0.6 is 0 Å². The third-order valence-electron chi connectivity index (χ3n) is 1.67. The Morgan fingerprint density at radius 1 is 1.75 bits per heavy atom. The molecule has 0 aromatic heterocycles. The number of ether oxygens (including phenoxy) is 2. The summed E-state index contributed by atoms with van der Waals surface area (Å²) in [6, 6.07) is 0. The van der Waals surface area contributed by atoms with E-state index >= 15 is 0 Å². The van der Waals surface area contributed by atoms with Gasteiger partial charge in [-0.15, -0.1) is 0 Å². The zero-order valence-electron chi connectivity index (χ0n) is 7.11. The third kappa shape index (κ3) is 1.94. The van der Waals surface area contributed by atoms with Crippen molar-refractivity contribution < 1.29 is 19.4 Å². The van der Waals surface area contributed by atoms with Gasteiger partial charge in [0.15, 0.2) is 11.9 Å². The van der Waals surface area contributed by atoms with Crippen LogP contribution in [-0.2, 0) is 14.3 Å². The van der Waals surface area contributed by atoms with Crippen LogP contribution in [0.1, 0.15) is 13.8 Å². The van der Waals surface area contributed by atoms with E-state index in [9.17, 15) is 9.90 Å². The van der Waals surface area contributed by atoms with Crippen LogP contribution in [0.5, 0.6) is 0 Å². The predicted molar refractivity (Wildman–Crippen MR) is 40.1 cm³/mol. The Balaban J connectivity index is 2.52. The first-order valence-corrected chi connectivity index (χ1v) is 3.71. The van der Waals surface area contributed by atoms with Gasteiger partial charge in [-0.2, -0.15) is 0 Å². The van der Waals surface area contributed by atoms with E-state index in [1.807, 2.05) is 0 Å². The molecule has 0 radical (unpaired) electrons. The van der Waals surface area contributed by atoms with Gasteiger partial charge in [0.05, 0.1) is 6.61 Å². The Morgan fingerprint density at radius 2 is 2.33 bits per heavy atom. The lowest BCUT2D eigenvalue weighted by molar-refractivity contribution is -0.157. The fourth-order valence-electron chi connectivity index (χ4n) is 1.05. The monoisotopic (exact) mass is 175 g/mol. The van der Waals surface area contributed by atoms with E-state index in [4.69, 9.17) is 15.2 Å². The first-order chi connectivity index (χ1) is 5.42. The smallest absolute Gasteiger partial charge is 0.249 e. The Bertz CT molecular complexity index is 192. The van der Waals surface area contributed by atoms with Crippen molar-refractivity contribution in [3.63, 3.8) is 0 Å². The minimum atomic E-state index is -1.29. The number of aliphatic hydroxyl groups is 1. The number of hydrogen-bond donors (Lipinski definition) is 2. The van der Waals surface area contributed by atoms with Gasteiger partial charge in [0.2, 0.25) is 5.91 Å². The molecule has 70 valence electrons. The summed E-state index contributed by atoms with van der Waals surface area (Å²) in [6.45, 7) is 3.61. The van der Waals surface area contributed by atoms with Crippen molar-refractivity contribution in [2.75, 3.05) is 6.61 Å². The highest BCUT2D eigenvalue weighted by molar-refractivity contribution is 5.79. The van der Waals surface area contributed by atoms with Gasteiger partial charge in [-0.3, -0.25) is 4.79 Å². The van der Waals surface area contributed by atoms with Gasteiger partial charge in [0, 0.05) is 0 Å². The van der Waals surface area contributed by atoms with Gasteiger partial charge in [-0.1, -0.05) is 0 Å². The number of carbonyl (C=O) groups excluding carboxylic acids is 1. The van der Waals surface area contributed by atoms with Crippen molar-refractivity contribution in [3.8, 4) is 0 Å². The molecule has 0 unspecified atom stereocenters. The van der Waals surface area contributed by atoms with Crippen molar-refractivity contribution in [1.29, 1.82) is 0 Å². The van der Waals surface area contributed by atoms with Gasteiger partial charge in [-0.25, -0.2) is 0 Å². The molecule has 0 aliphatic carbocycles. The van der Waals surface area contributed by atoms with Crippen molar-refractivity contribution in [3.05, 3.63) is 0 Å². The van der Waals surface area contributed by atoms with Crippen molar-refractivity contribution >= 4 is 5.91 Å². The molecule has 12 heavy (non-hydrogen) atoms. The lowest BCUT2D eigenvalue weighted by Gasteiger charge is -2.18. The Hall–Kier alpha value is -0.650. The zero-order chi connectivity index (χ0) is 9.35. The van der Waals surface area contributed by atoms with Gasteiger partial charge in [-0.05, 0) is 13.8 Å². The summed E-state index contributed by atoms with van der Waals surface area (Å²) >= 11 is 0. The standard InChI is InChI=1S/C7H13NO4/c1-7(2)11-3-4(12-7)5(9)6(8)10/h4-5,9H,3H2,1-2H3,(H2,8,10)/t4-,5-/m0/s1. The summed E-state index contributed by atoms with van der Waals surface area (Å²) in [4.78, 5) is 10.5. The molecule has 0 saturated carbocycles. The topological polar surface area (TPSA) is 81.8 Å². The fraction of sp³-hybridized carbons (Fsp3) is 0.857. The molecule has 0 aromatic rings. The van der Waals surface area contributed by atoms with E-state index < -0.39 is 23.9 Å². The minimum Gasteiger partial charge on any atom is -0.380 e. The van der Waals surface area contributed by atoms with Crippen molar-refractivity contribution in [1.82, 2.24) is 0 Å². The summed E-state index contributed by atoms with van der Waals surface area (Å²) in [6.07, 6.45) is -1.93. The molecular formula is C7H13NO4. The summed E-state index contributed by atoms with van der Waals surface area (Å²) in [5, 5.41) is 9.18. The number of primary amides is 1. The maximum atomic E-state index is 10.5. The van der Waals surface area contributed by atoms with Crippen LogP contribution in [0.25, 0.3) is 0 Å². The van der Waals surface area contributed by atoms with E-state index in [0.29, 0.717) is 0 Å². The largest absolute Gasteiger partial charge is 0.380 e. The van der Waals surface area contributed by atoms with E-state index in [0.717, 1.165) is 0 Å². The Labute approximate surface area is 70.4 Å². The molecule has 3 N–H and O–H groups in total. The van der Waals surface area contributed by atoms with Gasteiger partial charge >= 0.3 is 0 Å². The number of rotatable bonds is 2. The van der Waals surface area contributed by atoms with Crippen LogP contribution in [0.3, 0.4) is 0 Å². The van der Waals surface area contributed by atoms with Gasteiger partial charge in [0.25, 0.3) is 0 Å². The highest BCUT2D eigenvalue weighted by atomic mass is 16.7. The SMILES string of the molecule is CC1(C)OC[C@@H]([C@H](O)C(N)=O)O1. The number of hydrogen-bond acceptors (Lipinski definition) is 4. The van der Waals surface area contributed by atoms with E-state index in [1.54, 1.807) is 13.8 Å². The van der Waals surface area contributed by atoms with Crippen LogP contribution in [0.15, 0.2) is 0 Å². The molecule has 0 spiro atoms. The molecule has 0 bridgehead atoms. The summed E-state index contributed by atoms with van der Waals surface area (Å²) in [7, 11) is 0. The van der Waals surface area contributed by atoms with Crippen molar-refractivity contribution in [2.45, 2.75) is 31.8 Å². The van der Waals surface area contributed by atoms with E-state index in [-0.39, 0.29) is 6.61 Å². The summed E-state index contributed by atoms with van der Waals surface area (Å²) < 4.78 is 10.3. The summed E-state index contributed by atoms with van der Waals surface area (Å²) in [5.74, 6) is -1.53. The maximum absolute atomic E-state index is 10.5. The molecule has 1 fully saturated rings. The second kappa shape index (κ2) is 3.01. The maximum Gasteiger partial charge on any atom is 0.249 e. The highest BCUT2D eigenvalue weighted by Gasteiger charge is 2.38. The average Bonchev–Trinajstić information content (AvgIpc) is 2.28. The van der Waals surface area contributed by atoms with Crippen molar-refractivity contribution in [2.24, 2.45) is 5.73 Å². The predicted octanol–water partition coefficient (Wildman–Crippen LogP) is -1.02. The zero-order valence-corrected chi connectivity index (χ0v) is 7.11. The lowest BCUT2D eigenvalue weighted by Crippen LogP contribution is -2.40. The number of amides is 1. The molecule has 1 rings (SSSR count). The summed E-state index contributed by atoms with van der Waals surface area (Å²) in [5.41, 5.74) is 4.88. The van der Waals surface area contributed by atoms with E-state index in [1.165, 1.54) is 0 Å². The molecule has 1 heterocycles. The second-order valence-corrected chi connectivity index (χ2v) is 3.21. The lowest BCUT2D eigenvalue weighted by atomic mass is 10.2. The first kappa shape index (κ1) is 9.44. The molecular weight excluding hydrogens is 162 g/mol. The van der Waals surface area contributed by atoms with Crippen LogP contribution in [0, 0.1) is 0 Å². The average molecular weight is 175 g/mol. The van der Waals surface area contributed by atoms with Gasteiger partial charge in [0.1, 0.15) is 6.10 Å². The molecule has 1 saturated heterocycles. The number of nitrogens with two attached hydrogens (primary N) is 1. The molecule has 0 aromatic carbocycles. The molecule has 1 amide bonds. The quantitative estimate of drug-likeness (QED) is 0.563. The molecule has 5 nitrogen and oxygen atoms in total. The Kier molecular flexibility index (Phi) is 2.36. The van der Waals surface area contributed by atoms with Crippen LogP contribution in [-0.4, -0.2) is 35.6 Å². The van der Waals surface area contributed by atoms with Crippen LogP contribution in [0.2, 0.25) is 0 Å². The molecule has 5 heteroatoms. The Morgan fingerprint density at radius 3 is 2.67 bits per heavy atom. The minimum absolute atomic E-state index is 0.192. The molecule has 2 atom stereocenters. The second-order valence-electron chi connectivity index (χ2n) is 3.21. The fourth-order valence-corrected chi connectivity index (χ4v) is 1.05. The van der Waals surface area contributed by atoms with Crippen LogP contribution in [0.4, 0.5) is 0 Å². The number of aliphatic hydroxyl groups excluding tert-OH is 1. The third-order valence-corrected chi connectivity index (χ3v) is 1.67. The molecule has 1 aliphatic rings. The molecule has 1 aliphatic heterocycles. The van der Waals surface area contributed by atoms with Gasteiger partial charge < -0.3 is 20.3 Å². The number of carbonyl (C=O) groups is 1.